The van der Waals surface area contributed by atoms with Gasteiger partial charge in [-0.2, -0.15) is 0 Å². The maximum Gasteiger partial charge on any atom is 0.265 e. The van der Waals surface area contributed by atoms with E-state index < -0.39 is 6.10 Å². The average Bonchev–Trinajstić information content (AvgIpc) is 2.42. The first-order valence-corrected chi connectivity index (χ1v) is 8.01. The van der Waals surface area contributed by atoms with Gasteiger partial charge < -0.3 is 10.1 Å². The van der Waals surface area contributed by atoms with Gasteiger partial charge in [0.25, 0.3) is 5.91 Å². The highest BCUT2D eigenvalue weighted by molar-refractivity contribution is 5.94. The van der Waals surface area contributed by atoms with Crippen LogP contribution in [0.25, 0.3) is 0 Å². The van der Waals surface area contributed by atoms with Gasteiger partial charge in [-0.05, 0) is 80.6 Å². The molecule has 0 aliphatic rings. The molecule has 3 nitrogen and oxygen atoms in total. The highest BCUT2D eigenvalue weighted by atomic mass is 16.5. The minimum atomic E-state index is -0.503. The van der Waals surface area contributed by atoms with E-state index in [0.717, 1.165) is 33.7 Å². The van der Waals surface area contributed by atoms with Crippen molar-refractivity contribution in [3.8, 4) is 5.75 Å². The van der Waals surface area contributed by atoms with Gasteiger partial charge in [-0.15, -0.1) is 0 Å². The zero-order valence-electron chi connectivity index (χ0n) is 14.6. The number of rotatable bonds is 5. The summed E-state index contributed by atoms with van der Waals surface area (Å²) in [6.07, 6.45) is 0.112. The largest absolute Gasteiger partial charge is 0.481 e. The second-order valence-corrected chi connectivity index (χ2v) is 6.20. The molecule has 0 fully saturated rings. The number of ether oxygens (including phenoxy) is 1. The van der Waals surface area contributed by atoms with Crippen LogP contribution in [0.15, 0.2) is 36.4 Å². The number of anilines is 1. The minimum absolute atomic E-state index is 0.114. The molecule has 0 bridgehead atoms. The average molecular weight is 311 g/mol. The second kappa shape index (κ2) is 7.32. The number of hydrogen-bond donors (Lipinski definition) is 1. The SMILES string of the molecule is CC[C@H](Oc1cc(C)cc(C)c1)C(=O)Nc1cc(C)cc(C)c1. The zero-order chi connectivity index (χ0) is 17.0. The van der Waals surface area contributed by atoms with Crippen LogP contribution < -0.4 is 10.1 Å². The van der Waals surface area contributed by atoms with E-state index in [-0.39, 0.29) is 5.91 Å². The van der Waals surface area contributed by atoms with Gasteiger partial charge in [0.1, 0.15) is 5.75 Å². The number of aryl methyl sites for hydroxylation is 4. The van der Waals surface area contributed by atoms with Crippen LogP contribution in [0.1, 0.15) is 35.6 Å². The molecule has 0 aromatic heterocycles. The van der Waals surface area contributed by atoms with Crippen LogP contribution in [-0.4, -0.2) is 12.0 Å². The van der Waals surface area contributed by atoms with Gasteiger partial charge in [0.15, 0.2) is 6.10 Å². The van der Waals surface area contributed by atoms with Gasteiger partial charge in [0, 0.05) is 5.69 Å². The molecule has 1 amide bonds. The Kier molecular flexibility index (Phi) is 5.43. The lowest BCUT2D eigenvalue weighted by atomic mass is 10.1. The molecule has 2 aromatic rings. The third-order valence-electron chi connectivity index (χ3n) is 3.63. The minimum Gasteiger partial charge on any atom is -0.481 e. The Morgan fingerprint density at radius 2 is 1.39 bits per heavy atom. The van der Waals surface area contributed by atoms with E-state index in [4.69, 9.17) is 4.74 Å². The summed E-state index contributed by atoms with van der Waals surface area (Å²) in [6.45, 7) is 10.0. The van der Waals surface area contributed by atoms with Gasteiger partial charge in [-0.1, -0.05) is 19.1 Å². The van der Waals surface area contributed by atoms with E-state index in [2.05, 4.69) is 17.4 Å². The van der Waals surface area contributed by atoms with Crippen LogP contribution in [0.4, 0.5) is 5.69 Å². The van der Waals surface area contributed by atoms with Crippen molar-refractivity contribution in [2.45, 2.75) is 47.1 Å². The number of amides is 1. The van der Waals surface area contributed by atoms with E-state index in [0.29, 0.717) is 6.42 Å². The number of carbonyl (C=O) groups excluding carboxylic acids is 1. The topological polar surface area (TPSA) is 38.3 Å². The summed E-state index contributed by atoms with van der Waals surface area (Å²) in [6, 6.07) is 12.0. The number of hydrogen-bond acceptors (Lipinski definition) is 2. The summed E-state index contributed by atoms with van der Waals surface area (Å²) in [5.41, 5.74) is 5.33. The lowest BCUT2D eigenvalue weighted by Gasteiger charge is -2.18. The summed E-state index contributed by atoms with van der Waals surface area (Å²) in [4.78, 5) is 12.5. The van der Waals surface area contributed by atoms with E-state index >= 15 is 0 Å². The van der Waals surface area contributed by atoms with E-state index in [9.17, 15) is 4.79 Å². The lowest BCUT2D eigenvalue weighted by Crippen LogP contribution is -2.32. The summed E-state index contributed by atoms with van der Waals surface area (Å²) in [5.74, 6) is 0.626. The molecule has 3 heteroatoms. The van der Waals surface area contributed by atoms with Crippen molar-refractivity contribution in [2.24, 2.45) is 0 Å². The number of benzene rings is 2. The molecule has 0 heterocycles. The molecule has 1 N–H and O–H groups in total. The van der Waals surface area contributed by atoms with Crippen molar-refractivity contribution in [3.05, 3.63) is 58.7 Å². The first kappa shape index (κ1) is 17.1. The van der Waals surface area contributed by atoms with Gasteiger partial charge in [-0.3, -0.25) is 4.79 Å². The van der Waals surface area contributed by atoms with Gasteiger partial charge in [0.2, 0.25) is 0 Å². The van der Waals surface area contributed by atoms with Gasteiger partial charge in [-0.25, -0.2) is 0 Å². The Hall–Kier alpha value is -2.29. The Labute approximate surface area is 138 Å². The fraction of sp³-hybridized carbons (Fsp3) is 0.350. The molecule has 0 unspecified atom stereocenters. The fourth-order valence-corrected chi connectivity index (χ4v) is 2.76. The predicted molar refractivity (Wildman–Crippen MR) is 95.2 cm³/mol. The van der Waals surface area contributed by atoms with Crippen molar-refractivity contribution in [2.75, 3.05) is 5.32 Å². The summed E-state index contributed by atoms with van der Waals surface area (Å²) < 4.78 is 5.91. The van der Waals surface area contributed by atoms with Crippen LogP contribution in [0.5, 0.6) is 5.75 Å². The smallest absolute Gasteiger partial charge is 0.265 e. The molecule has 0 radical (unpaired) electrons. The molecule has 2 rings (SSSR count). The van der Waals surface area contributed by atoms with E-state index in [1.807, 2.05) is 58.9 Å². The van der Waals surface area contributed by atoms with E-state index in [1.54, 1.807) is 0 Å². The molecule has 23 heavy (non-hydrogen) atoms. The molecular formula is C20H25NO2. The van der Waals surface area contributed by atoms with Crippen LogP contribution >= 0.6 is 0 Å². The highest BCUT2D eigenvalue weighted by Crippen LogP contribution is 2.20. The predicted octanol–water partition coefficient (Wildman–Crippen LogP) is 4.72. The van der Waals surface area contributed by atoms with Gasteiger partial charge in [0.05, 0.1) is 0 Å². The van der Waals surface area contributed by atoms with Crippen molar-refractivity contribution in [1.29, 1.82) is 0 Å². The number of nitrogens with one attached hydrogen (secondary N) is 1. The Balaban J connectivity index is 2.11. The van der Waals surface area contributed by atoms with Crippen LogP contribution in [0, 0.1) is 27.7 Å². The Morgan fingerprint density at radius 1 is 0.913 bits per heavy atom. The molecule has 1 atom stereocenters. The standard InChI is InChI=1S/C20H25NO2/c1-6-19(23-18-11-15(4)8-16(5)12-18)20(22)21-17-9-13(2)7-14(3)10-17/h7-12,19H,6H2,1-5H3,(H,21,22)/t19-/m0/s1. The monoisotopic (exact) mass is 311 g/mol. The van der Waals surface area contributed by atoms with Crippen LogP contribution in [0.3, 0.4) is 0 Å². The molecule has 0 saturated heterocycles. The summed E-state index contributed by atoms with van der Waals surface area (Å²) in [5, 5.41) is 2.96. The molecular weight excluding hydrogens is 286 g/mol. The maximum absolute atomic E-state index is 12.5. The first-order valence-electron chi connectivity index (χ1n) is 8.01. The van der Waals surface area contributed by atoms with Crippen LogP contribution in [0.2, 0.25) is 0 Å². The molecule has 122 valence electrons. The zero-order valence-corrected chi connectivity index (χ0v) is 14.6. The molecule has 2 aromatic carbocycles. The van der Waals surface area contributed by atoms with Crippen LogP contribution in [-0.2, 0) is 4.79 Å². The molecule has 0 spiro atoms. The Bertz CT molecular complexity index is 666. The Morgan fingerprint density at radius 3 is 1.87 bits per heavy atom. The number of carbonyl (C=O) groups is 1. The quantitative estimate of drug-likeness (QED) is 0.868. The lowest BCUT2D eigenvalue weighted by molar-refractivity contribution is -0.122. The molecule has 0 aliphatic heterocycles. The van der Waals surface area contributed by atoms with Crippen molar-refractivity contribution in [1.82, 2.24) is 0 Å². The highest BCUT2D eigenvalue weighted by Gasteiger charge is 2.19. The normalized spacial score (nSPS) is 11.9. The second-order valence-electron chi connectivity index (χ2n) is 6.20. The van der Waals surface area contributed by atoms with Crippen molar-refractivity contribution in [3.63, 3.8) is 0 Å². The van der Waals surface area contributed by atoms with E-state index in [1.165, 1.54) is 0 Å². The molecule has 0 aliphatic carbocycles. The fourth-order valence-electron chi connectivity index (χ4n) is 2.76. The third-order valence-corrected chi connectivity index (χ3v) is 3.63. The van der Waals surface area contributed by atoms with Crippen molar-refractivity contribution < 1.29 is 9.53 Å². The third kappa shape index (κ3) is 4.85. The first-order chi connectivity index (χ1) is 10.9. The maximum atomic E-state index is 12.5. The summed E-state index contributed by atoms with van der Waals surface area (Å²) >= 11 is 0. The summed E-state index contributed by atoms with van der Waals surface area (Å²) in [7, 11) is 0. The van der Waals surface area contributed by atoms with Gasteiger partial charge >= 0.3 is 0 Å². The van der Waals surface area contributed by atoms with Crippen molar-refractivity contribution >= 4 is 11.6 Å². The molecule has 0 saturated carbocycles.